The fourth-order valence-corrected chi connectivity index (χ4v) is 3.39. The molecule has 0 aromatic rings. The molecule has 2 aliphatic heterocycles. The van der Waals surface area contributed by atoms with Crippen LogP contribution in [0.4, 0.5) is 0 Å². The maximum absolute atomic E-state index is 3.69. The van der Waals surface area contributed by atoms with E-state index in [9.17, 15) is 0 Å². The Morgan fingerprint density at radius 1 is 1.17 bits per heavy atom. The van der Waals surface area contributed by atoms with Crippen molar-refractivity contribution in [2.45, 2.75) is 39.7 Å². The van der Waals surface area contributed by atoms with E-state index >= 15 is 0 Å². The van der Waals surface area contributed by atoms with Crippen LogP contribution in [0.3, 0.4) is 0 Å². The Bertz CT molecular complexity index is 244. The molecule has 18 heavy (non-hydrogen) atoms. The van der Waals surface area contributed by atoms with Crippen LogP contribution < -0.4 is 5.32 Å². The molecule has 0 aromatic carbocycles. The van der Waals surface area contributed by atoms with Crippen molar-refractivity contribution in [1.29, 1.82) is 0 Å². The molecule has 0 spiro atoms. The lowest BCUT2D eigenvalue weighted by molar-refractivity contribution is 0.148. The second-order valence-corrected chi connectivity index (χ2v) is 6.25. The summed E-state index contributed by atoms with van der Waals surface area (Å²) in [6.45, 7) is 15.9. The van der Waals surface area contributed by atoms with Crippen molar-refractivity contribution in [2.24, 2.45) is 11.8 Å². The van der Waals surface area contributed by atoms with Gasteiger partial charge in [0.05, 0.1) is 0 Å². The largest absolute Gasteiger partial charge is 0.311 e. The number of likely N-dealkylation sites (tertiary alicyclic amines) is 1. The van der Waals surface area contributed by atoms with Crippen molar-refractivity contribution in [2.75, 3.05) is 45.8 Å². The maximum Gasteiger partial charge on any atom is 0.0221 e. The van der Waals surface area contributed by atoms with Crippen molar-refractivity contribution >= 4 is 0 Å². The van der Waals surface area contributed by atoms with Crippen LogP contribution in [0.1, 0.15) is 33.6 Å². The zero-order chi connectivity index (χ0) is 13.0. The lowest BCUT2D eigenvalue weighted by Gasteiger charge is -2.37. The molecule has 106 valence electrons. The third-order valence-corrected chi connectivity index (χ3v) is 4.95. The van der Waals surface area contributed by atoms with E-state index in [1.807, 2.05) is 0 Å². The molecule has 0 radical (unpaired) electrons. The zero-order valence-electron chi connectivity index (χ0n) is 12.5. The van der Waals surface area contributed by atoms with Crippen molar-refractivity contribution < 1.29 is 0 Å². The molecule has 2 saturated heterocycles. The number of hydrogen-bond acceptors (Lipinski definition) is 3. The summed E-state index contributed by atoms with van der Waals surface area (Å²) in [6, 6.07) is 0.715. The van der Waals surface area contributed by atoms with Gasteiger partial charge in [-0.15, -0.1) is 0 Å². The van der Waals surface area contributed by atoms with Gasteiger partial charge >= 0.3 is 0 Å². The van der Waals surface area contributed by atoms with E-state index in [0.29, 0.717) is 6.04 Å². The lowest BCUT2D eigenvalue weighted by atomic mass is 9.96. The second kappa shape index (κ2) is 6.88. The highest BCUT2D eigenvalue weighted by atomic mass is 15.2. The first kappa shape index (κ1) is 14.3. The molecule has 2 fully saturated rings. The van der Waals surface area contributed by atoms with E-state index in [4.69, 9.17) is 0 Å². The molecule has 2 heterocycles. The fraction of sp³-hybridized carbons (Fsp3) is 1.00. The first-order valence-electron chi connectivity index (χ1n) is 7.91. The zero-order valence-corrected chi connectivity index (χ0v) is 12.5. The van der Waals surface area contributed by atoms with Crippen molar-refractivity contribution in [3.8, 4) is 0 Å². The summed E-state index contributed by atoms with van der Waals surface area (Å²) in [5.41, 5.74) is 0. The van der Waals surface area contributed by atoms with Gasteiger partial charge in [-0.1, -0.05) is 27.2 Å². The molecule has 1 N–H and O–H groups in total. The highest BCUT2D eigenvalue weighted by Gasteiger charge is 2.27. The summed E-state index contributed by atoms with van der Waals surface area (Å²) < 4.78 is 0. The Morgan fingerprint density at radius 2 is 2.00 bits per heavy atom. The normalized spacial score (nSPS) is 32.8. The molecule has 3 heteroatoms. The molecule has 0 aliphatic carbocycles. The van der Waals surface area contributed by atoms with Gasteiger partial charge in [0.2, 0.25) is 0 Å². The van der Waals surface area contributed by atoms with Crippen LogP contribution in [0.25, 0.3) is 0 Å². The Kier molecular flexibility index (Phi) is 5.46. The molecule has 3 atom stereocenters. The fourth-order valence-electron chi connectivity index (χ4n) is 3.39. The van der Waals surface area contributed by atoms with E-state index in [1.54, 1.807) is 0 Å². The Morgan fingerprint density at radius 3 is 2.67 bits per heavy atom. The van der Waals surface area contributed by atoms with Gasteiger partial charge in [0.25, 0.3) is 0 Å². The van der Waals surface area contributed by atoms with Gasteiger partial charge in [0.15, 0.2) is 0 Å². The van der Waals surface area contributed by atoms with E-state index < -0.39 is 0 Å². The highest BCUT2D eigenvalue weighted by molar-refractivity contribution is 4.85. The van der Waals surface area contributed by atoms with Gasteiger partial charge in [-0.2, -0.15) is 0 Å². The van der Waals surface area contributed by atoms with Crippen LogP contribution in [0.15, 0.2) is 0 Å². The van der Waals surface area contributed by atoms with E-state index in [2.05, 4.69) is 35.9 Å². The number of nitrogens with one attached hydrogen (secondary N) is 1. The molecule has 0 amide bonds. The third kappa shape index (κ3) is 3.69. The van der Waals surface area contributed by atoms with Gasteiger partial charge in [-0.3, -0.25) is 0 Å². The average molecular weight is 253 g/mol. The van der Waals surface area contributed by atoms with E-state index in [-0.39, 0.29) is 0 Å². The van der Waals surface area contributed by atoms with Crippen LogP contribution in [0.5, 0.6) is 0 Å². The first-order valence-corrected chi connectivity index (χ1v) is 7.91. The number of rotatable bonds is 5. The summed E-state index contributed by atoms with van der Waals surface area (Å²) >= 11 is 0. The predicted octanol–water partition coefficient (Wildman–Crippen LogP) is 1.65. The monoisotopic (exact) mass is 253 g/mol. The molecule has 0 bridgehead atoms. The van der Waals surface area contributed by atoms with E-state index in [0.717, 1.165) is 11.8 Å². The summed E-state index contributed by atoms with van der Waals surface area (Å²) in [7, 11) is 0. The molecule has 2 rings (SSSR count). The molecular weight excluding hydrogens is 222 g/mol. The van der Waals surface area contributed by atoms with E-state index in [1.165, 1.54) is 58.7 Å². The standard InChI is InChI=1S/C15H31N3/c1-4-13(3)15-12-18(9-7-16-15)11-14-6-8-17(5-2)10-14/h13-16H,4-12H2,1-3H3. The molecule has 3 nitrogen and oxygen atoms in total. The summed E-state index contributed by atoms with van der Waals surface area (Å²) in [5, 5.41) is 3.69. The maximum atomic E-state index is 3.69. The minimum atomic E-state index is 0.715. The molecule has 3 unspecified atom stereocenters. The summed E-state index contributed by atoms with van der Waals surface area (Å²) in [6.07, 6.45) is 2.70. The Balaban J connectivity index is 1.76. The van der Waals surface area contributed by atoms with Crippen LogP contribution >= 0.6 is 0 Å². The molecule has 0 saturated carbocycles. The quantitative estimate of drug-likeness (QED) is 0.804. The SMILES string of the molecule is CCC(C)C1CN(CC2CCN(CC)C2)CCN1. The van der Waals surface area contributed by atoms with Crippen LogP contribution in [-0.4, -0.2) is 61.7 Å². The van der Waals surface area contributed by atoms with Gasteiger partial charge in [-0.25, -0.2) is 0 Å². The highest BCUT2D eigenvalue weighted by Crippen LogP contribution is 2.19. The molecule has 0 aromatic heterocycles. The van der Waals surface area contributed by atoms with Crippen LogP contribution in [0, 0.1) is 11.8 Å². The Labute approximate surface area is 113 Å². The van der Waals surface area contributed by atoms with Crippen LogP contribution in [0.2, 0.25) is 0 Å². The first-order chi connectivity index (χ1) is 8.72. The van der Waals surface area contributed by atoms with Gasteiger partial charge in [0.1, 0.15) is 0 Å². The smallest absolute Gasteiger partial charge is 0.0221 e. The van der Waals surface area contributed by atoms with Gasteiger partial charge in [0, 0.05) is 38.8 Å². The van der Waals surface area contributed by atoms with Crippen LogP contribution in [-0.2, 0) is 0 Å². The number of nitrogens with zero attached hydrogens (tertiary/aromatic N) is 2. The molecule has 2 aliphatic rings. The Hall–Kier alpha value is -0.120. The van der Waals surface area contributed by atoms with Crippen molar-refractivity contribution in [1.82, 2.24) is 15.1 Å². The molecular formula is C15H31N3. The van der Waals surface area contributed by atoms with Gasteiger partial charge < -0.3 is 15.1 Å². The number of piperazine rings is 1. The van der Waals surface area contributed by atoms with Gasteiger partial charge in [-0.05, 0) is 31.3 Å². The minimum Gasteiger partial charge on any atom is -0.311 e. The minimum absolute atomic E-state index is 0.715. The van der Waals surface area contributed by atoms with Crippen molar-refractivity contribution in [3.05, 3.63) is 0 Å². The van der Waals surface area contributed by atoms with Crippen molar-refractivity contribution in [3.63, 3.8) is 0 Å². The average Bonchev–Trinajstić information content (AvgIpc) is 2.86. The number of hydrogen-bond donors (Lipinski definition) is 1. The summed E-state index contributed by atoms with van der Waals surface area (Å²) in [4.78, 5) is 5.30. The topological polar surface area (TPSA) is 18.5 Å². The summed E-state index contributed by atoms with van der Waals surface area (Å²) in [5.74, 6) is 1.73. The third-order valence-electron chi connectivity index (χ3n) is 4.95. The lowest BCUT2D eigenvalue weighted by Crippen LogP contribution is -2.54. The second-order valence-electron chi connectivity index (χ2n) is 6.25. The predicted molar refractivity (Wildman–Crippen MR) is 77.9 cm³/mol.